The van der Waals surface area contributed by atoms with Gasteiger partial charge in [0.2, 0.25) is 0 Å². The van der Waals surface area contributed by atoms with Crippen molar-refractivity contribution in [2.75, 3.05) is 6.54 Å². The third-order valence-electron chi connectivity index (χ3n) is 3.77. The van der Waals surface area contributed by atoms with Crippen LogP contribution >= 0.6 is 11.6 Å². The predicted octanol–water partition coefficient (Wildman–Crippen LogP) is 2.42. The SMILES string of the molecule is O=C(O)CC1(CNC(=O)c2cc(Cl)ccc2O)CCC1. The summed E-state index contributed by atoms with van der Waals surface area (Å²) in [4.78, 5) is 22.9. The first-order valence-corrected chi connectivity index (χ1v) is 6.78. The number of hydrogen-bond donors (Lipinski definition) is 3. The zero-order chi connectivity index (χ0) is 14.8. The van der Waals surface area contributed by atoms with Crippen LogP contribution in [0, 0.1) is 5.41 Å². The summed E-state index contributed by atoms with van der Waals surface area (Å²) in [5.74, 6) is -1.45. The number of phenolic OH excluding ortho intramolecular Hbond substituents is 1. The Morgan fingerprint density at radius 3 is 2.60 bits per heavy atom. The van der Waals surface area contributed by atoms with Crippen molar-refractivity contribution in [1.29, 1.82) is 0 Å². The minimum absolute atomic E-state index is 0.0504. The maximum Gasteiger partial charge on any atom is 0.303 e. The van der Waals surface area contributed by atoms with Crippen molar-refractivity contribution in [2.45, 2.75) is 25.7 Å². The van der Waals surface area contributed by atoms with Crippen molar-refractivity contribution in [3.05, 3.63) is 28.8 Å². The summed E-state index contributed by atoms with van der Waals surface area (Å²) in [7, 11) is 0. The molecule has 0 unspecified atom stereocenters. The summed E-state index contributed by atoms with van der Waals surface area (Å²) in [5, 5.41) is 21.6. The molecule has 1 aromatic carbocycles. The van der Waals surface area contributed by atoms with Gasteiger partial charge in [-0.15, -0.1) is 0 Å². The molecule has 108 valence electrons. The molecule has 2 rings (SSSR count). The minimum Gasteiger partial charge on any atom is -0.507 e. The number of nitrogens with one attached hydrogen (secondary N) is 1. The third-order valence-corrected chi connectivity index (χ3v) is 4.00. The van der Waals surface area contributed by atoms with E-state index in [4.69, 9.17) is 16.7 Å². The standard InChI is InChI=1S/C14H16ClNO4/c15-9-2-3-11(17)10(6-9)13(20)16-8-14(4-1-5-14)7-12(18)19/h2-3,6,17H,1,4-5,7-8H2,(H,16,20)(H,18,19). The van der Waals surface area contributed by atoms with Crippen LogP contribution in [-0.2, 0) is 4.79 Å². The summed E-state index contributed by atoms with van der Waals surface area (Å²) in [6, 6.07) is 4.23. The molecule has 1 amide bonds. The van der Waals surface area contributed by atoms with Gasteiger partial charge in [0.25, 0.3) is 5.91 Å². The highest BCUT2D eigenvalue weighted by Crippen LogP contribution is 2.43. The summed E-state index contributed by atoms with van der Waals surface area (Å²) in [6.45, 7) is 0.296. The second kappa shape index (κ2) is 5.71. The zero-order valence-corrected chi connectivity index (χ0v) is 11.6. The Bertz CT molecular complexity index is 540. The van der Waals surface area contributed by atoms with E-state index in [0.29, 0.717) is 11.6 Å². The van der Waals surface area contributed by atoms with Gasteiger partial charge in [-0.05, 0) is 36.5 Å². The molecule has 0 atom stereocenters. The van der Waals surface area contributed by atoms with Crippen LogP contribution in [0.15, 0.2) is 18.2 Å². The molecule has 0 heterocycles. The quantitative estimate of drug-likeness (QED) is 0.779. The molecule has 1 aliphatic rings. The number of carbonyl (C=O) groups is 2. The largest absolute Gasteiger partial charge is 0.507 e. The Hall–Kier alpha value is -1.75. The summed E-state index contributed by atoms with van der Waals surface area (Å²) in [6.07, 6.45) is 2.61. The number of carbonyl (C=O) groups excluding carboxylic acids is 1. The number of hydrogen-bond acceptors (Lipinski definition) is 3. The van der Waals surface area contributed by atoms with Crippen molar-refractivity contribution < 1.29 is 19.8 Å². The van der Waals surface area contributed by atoms with Crippen molar-refractivity contribution in [3.63, 3.8) is 0 Å². The molecule has 5 nitrogen and oxygen atoms in total. The molecule has 0 spiro atoms. The number of rotatable bonds is 5. The van der Waals surface area contributed by atoms with Crippen molar-refractivity contribution >= 4 is 23.5 Å². The summed E-state index contributed by atoms with van der Waals surface area (Å²) < 4.78 is 0. The number of carboxylic acid groups (broad SMARTS) is 1. The molecule has 0 aromatic heterocycles. The first kappa shape index (κ1) is 14.7. The number of aliphatic carboxylic acids is 1. The molecule has 0 radical (unpaired) electrons. The van der Waals surface area contributed by atoms with Crippen LogP contribution in [0.3, 0.4) is 0 Å². The maximum atomic E-state index is 12.0. The first-order chi connectivity index (χ1) is 9.42. The second-order valence-corrected chi connectivity index (χ2v) is 5.70. The fourth-order valence-electron chi connectivity index (χ4n) is 2.47. The van der Waals surface area contributed by atoms with Crippen LogP contribution in [0.5, 0.6) is 5.75 Å². The third kappa shape index (κ3) is 3.22. The smallest absolute Gasteiger partial charge is 0.303 e. The topological polar surface area (TPSA) is 86.6 Å². The van der Waals surface area contributed by atoms with Gasteiger partial charge < -0.3 is 15.5 Å². The molecule has 0 bridgehead atoms. The van der Waals surface area contributed by atoms with Crippen molar-refractivity contribution in [2.24, 2.45) is 5.41 Å². The van der Waals surface area contributed by atoms with Gasteiger partial charge in [0.1, 0.15) is 5.75 Å². The normalized spacial score (nSPS) is 16.2. The van der Waals surface area contributed by atoms with Gasteiger partial charge >= 0.3 is 5.97 Å². The van der Waals surface area contributed by atoms with Crippen molar-refractivity contribution in [1.82, 2.24) is 5.32 Å². The van der Waals surface area contributed by atoms with E-state index >= 15 is 0 Å². The Morgan fingerprint density at radius 2 is 2.05 bits per heavy atom. The van der Waals surface area contributed by atoms with Crippen LogP contribution in [0.1, 0.15) is 36.0 Å². The highest BCUT2D eigenvalue weighted by Gasteiger charge is 2.39. The van der Waals surface area contributed by atoms with Gasteiger partial charge in [0.05, 0.1) is 12.0 Å². The Labute approximate surface area is 121 Å². The van der Waals surface area contributed by atoms with Crippen LogP contribution in [0.2, 0.25) is 5.02 Å². The van der Waals surface area contributed by atoms with Crippen LogP contribution in [0.25, 0.3) is 0 Å². The lowest BCUT2D eigenvalue weighted by Gasteiger charge is -2.40. The van der Waals surface area contributed by atoms with Crippen LogP contribution in [-0.4, -0.2) is 28.6 Å². The van der Waals surface area contributed by atoms with E-state index < -0.39 is 11.9 Å². The van der Waals surface area contributed by atoms with E-state index in [2.05, 4.69) is 5.32 Å². The number of carboxylic acids is 1. The number of benzene rings is 1. The number of aromatic hydroxyl groups is 1. The summed E-state index contributed by atoms with van der Waals surface area (Å²) in [5.41, 5.74) is -0.252. The number of amides is 1. The van der Waals surface area contributed by atoms with E-state index in [-0.39, 0.29) is 23.1 Å². The maximum absolute atomic E-state index is 12.0. The average Bonchev–Trinajstić information content (AvgIpc) is 2.34. The fraction of sp³-hybridized carbons (Fsp3) is 0.429. The lowest BCUT2D eigenvalue weighted by molar-refractivity contribution is -0.141. The summed E-state index contributed by atoms with van der Waals surface area (Å²) >= 11 is 5.79. The molecule has 6 heteroatoms. The van der Waals surface area contributed by atoms with E-state index in [1.807, 2.05) is 0 Å². The molecular formula is C14H16ClNO4. The first-order valence-electron chi connectivity index (χ1n) is 6.40. The Balaban J connectivity index is 2.01. The van der Waals surface area contributed by atoms with Gasteiger partial charge in [-0.25, -0.2) is 0 Å². The predicted molar refractivity (Wildman–Crippen MR) is 74.0 cm³/mol. The monoisotopic (exact) mass is 297 g/mol. The molecule has 0 aliphatic heterocycles. The molecule has 20 heavy (non-hydrogen) atoms. The number of phenols is 1. The molecule has 1 fully saturated rings. The molecular weight excluding hydrogens is 282 g/mol. The van der Waals surface area contributed by atoms with E-state index in [1.54, 1.807) is 0 Å². The lowest BCUT2D eigenvalue weighted by Crippen LogP contribution is -2.43. The van der Waals surface area contributed by atoms with E-state index in [1.165, 1.54) is 18.2 Å². The van der Waals surface area contributed by atoms with Gasteiger partial charge in [-0.2, -0.15) is 0 Å². The molecule has 1 saturated carbocycles. The van der Waals surface area contributed by atoms with E-state index in [0.717, 1.165) is 19.3 Å². The minimum atomic E-state index is -0.857. The highest BCUT2D eigenvalue weighted by molar-refractivity contribution is 6.31. The number of halogens is 1. The average molecular weight is 298 g/mol. The Morgan fingerprint density at radius 1 is 1.35 bits per heavy atom. The molecule has 1 aromatic rings. The zero-order valence-electron chi connectivity index (χ0n) is 10.9. The molecule has 3 N–H and O–H groups in total. The van der Waals surface area contributed by atoms with E-state index in [9.17, 15) is 14.7 Å². The van der Waals surface area contributed by atoms with Gasteiger partial charge in [-0.1, -0.05) is 18.0 Å². The van der Waals surface area contributed by atoms with Gasteiger partial charge in [0.15, 0.2) is 0 Å². The second-order valence-electron chi connectivity index (χ2n) is 5.27. The fourth-order valence-corrected chi connectivity index (χ4v) is 2.64. The van der Waals surface area contributed by atoms with Crippen molar-refractivity contribution in [3.8, 4) is 5.75 Å². The van der Waals surface area contributed by atoms with Gasteiger partial charge in [0, 0.05) is 11.6 Å². The highest BCUT2D eigenvalue weighted by atomic mass is 35.5. The van der Waals surface area contributed by atoms with Crippen LogP contribution in [0.4, 0.5) is 0 Å². The van der Waals surface area contributed by atoms with Crippen LogP contribution < -0.4 is 5.32 Å². The lowest BCUT2D eigenvalue weighted by atomic mass is 9.66. The molecule has 1 aliphatic carbocycles. The Kier molecular flexibility index (Phi) is 4.18. The van der Waals surface area contributed by atoms with Gasteiger partial charge in [-0.3, -0.25) is 9.59 Å². The molecule has 0 saturated heterocycles.